The van der Waals surface area contributed by atoms with Crippen molar-refractivity contribution < 1.29 is 9.84 Å². The van der Waals surface area contributed by atoms with E-state index < -0.39 is 0 Å². The van der Waals surface area contributed by atoms with Gasteiger partial charge in [0.25, 0.3) is 0 Å². The van der Waals surface area contributed by atoms with Crippen LogP contribution in [0.4, 0.5) is 5.69 Å². The molecule has 6 nitrogen and oxygen atoms in total. The number of aliphatic hydroxyl groups excluding tert-OH is 1. The van der Waals surface area contributed by atoms with E-state index in [1.807, 2.05) is 24.4 Å². The summed E-state index contributed by atoms with van der Waals surface area (Å²) < 4.78 is 5.37. The number of ether oxygens (including phenoxy) is 1. The molecule has 0 aliphatic carbocycles. The standard InChI is InChI=1S/C19H22N4O2/c20-11-15-2-4-19(22-14-24)17(9-15)10-18-3-1-16(12-21-18)13-23-5-7-25-8-6-23/h1-4,9,12,22,24H,5-8,10,13-14H2. The number of hydrogen-bond acceptors (Lipinski definition) is 6. The van der Waals surface area contributed by atoms with E-state index in [1.165, 1.54) is 5.56 Å². The summed E-state index contributed by atoms with van der Waals surface area (Å²) in [6, 6.07) is 11.7. The van der Waals surface area contributed by atoms with Crippen LogP contribution in [-0.4, -0.2) is 48.0 Å². The maximum absolute atomic E-state index is 9.12. The SMILES string of the molecule is N#Cc1ccc(NCO)c(Cc2ccc(CN3CCOCC3)cn2)c1. The van der Waals surface area contributed by atoms with Gasteiger partial charge in [-0.3, -0.25) is 9.88 Å². The fourth-order valence-corrected chi connectivity index (χ4v) is 2.93. The molecule has 0 unspecified atom stereocenters. The number of nitriles is 1. The van der Waals surface area contributed by atoms with Gasteiger partial charge in [0.05, 0.1) is 24.8 Å². The topological polar surface area (TPSA) is 81.4 Å². The lowest BCUT2D eigenvalue weighted by Gasteiger charge is -2.26. The predicted octanol–water partition coefficient (Wildman–Crippen LogP) is 1.74. The average molecular weight is 338 g/mol. The second-order valence-corrected chi connectivity index (χ2v) is 6.04. The Morgan fingerprint density at radius 2 is 2.08 bits per heavy atom. The molecule has 0 bridgehead atoms. The van der Waals surface area contributed by atoms with Crippen LogP contribution in [-0.2, 0) is 17.7 Å². The zero-order valence-electron chi connectivity index (χ0n) is 14.1. The highest BCUT2D eigenvalue weighted by Crippen LogP contribution is 2.20. The molecule has 1 aromatic carbocycles. The first-order valence-electron chi connectivity index (χ1n) is 8.40. The number of aromatic nitrogens is 1. The van der Waals surface area contributed by atoms with Crippen LogP contribution in [0.2, 0.25) is 0 Å². The molecule has 2 aromatic rings. The molecular weight excluding hydrogens is 316 g/mol. The molecule has 6 heteroatoms. The van der Waals surface area contributed by atoms with Gasteiger partial charge in [0.15, 0.2) is 0 Å². The molecule has 1 aliphatic heterocycles. The number of aliphatic hydroxyl groups is 1. The van der Waals surface area contributed by atoms with E-state index >= 15 is 0 Å². The van der Waals surface area contributed by atoms with E-state index in [0.29, 0.717) is 12.0 Å². The largest absolute Gasteiger partial charge is 0.379 e. The summed E-state index contributed by atoms with van der Waals surface area (Å²) in [6.07, 6.45) is 2.52. The maximum Gasteiger partial charge on any atom is 0.113 e. The molecule has 1 aliphatic rings. The highest BCUT2D eigenvalue weighted by molar-refractivity contribution is 5.55. The van der Waals surface area contributed by atoms with Crippen LogP contribution in [0.1, 0.15) is 22.4 Å². The molecule has 0 atom stereocenters. The van der Waals surface area contributed by atoms with Crippen LogP contribution in [0.15, 0.2) is 36.5 Å². The lowest BCUT2D eigenvalue weighted by Crippen LogP contribution is -2.35. The molecule has 2 heterocycles. The van der Waals surface area contributed by atoms with E-state index in [9.17, 15) is 0 Å². The third-order valence-electron chi connectivity index (χ3n) is 4.27. The van der Waals surface area contributed by atoms with Crippen LogP contribution in [0, 0.1) is 11.3 Å². The monoisotopic (exact) mass is 338 g/mol. The summed E-state index contributed by atoms with van der Waals surface area (Å²) in [7, 11) is 0. The number of pyridine rings is 1. The fraction of sp³-hybridized carbons (Fsp3) is 0.368. The van der Waals surface area contributed by atoms with E-state index in [0.717, 1.165) is 49.8 Å². The molecule has 0 radical (unpaired) electrons. The minimum atomic E-state index is -0.148. The molecular formula is C19H22N4O2. The van der Waals surface area contributed by atoms with Gasteiger partial charge in [0, 0.05) is 43.6 Å². The first-order chi connectivity index (χ1) is 12.3. The second-order valence-electron chi connectivity index (χ2n) is 6.04. The van der Waals surface area contributed by atoms with Crippen LogP contribution >= 0.6 is 0 Å². The van der Waals surface area contributed by atoms with Crippen molar-refractivity contribution in [1.29, 1.82) is 5.26 Å². The molecule has 1 aromatic heterocycles. The average Bonchev–Trinajstić information content (AvgIpc) is 2.66. The van der Waals surface area contributed by atoms with Gasteiger partial charge in [-0.1, -0.05) is 6.07 Å². The Morgan fingerprint density at radius 3 is 2.76 bits per heavy atom. The first kappa shape index (κ1) is 17.4. The highest BCUT2D eigenvalue weighted by Gasteiger charge is 2.11. The van der Waals surface area contributed by atoms with Crippen LogP contribution in [0.3, 0.4) is 0 Å². The number of benzene rings is 1. The Bertz CT molecular complexity index is 734. The molecule has 25 heavy (non-hydrogen) atoms. The molecule has 1 fully saturated rings. The summed E-state index contributed by atoms with van der Waals surface area (Å²) in [5.74, 6) is 0. The fourth-order valence-electron chi connectivity index (χ4n) is 2.93. The lowest BCUT2D eigenvalue weighted by atomic mass is 10.0. The van der Waals surface area contributed by atoms with Crippen LogP contribution in [0.25, 0.3) is 0 Å². The quantitative estimate of drug-likeness (QED) is 0.781. The van der Waals surface area contributed by atoms with Gasteiger partial charge in [-0.2, -0.15) is 5.26 Å². The van der Waals surface area contributed by atoms with E-state index in [2.05, 4.69) is 27.3 Å². The van der Waals surface area contributed by atoms with Gasteiger partial charge in [-0.15, -0.1) is 0 Å². The summed E-state index contributed by atoms with van der Waals surface area (Å²) in [4.78, 5) is 6.93. The Morgan fingerprint density at radius 1 is 1.24 bits per heavy atom. The molecule has 0 amide bonds. The van der Waals surface area contributed by atoms with Gasteiger partial charge in [0.2, 0.25) is 0 Å². The first-order valence-corrected chi connectivity index (χ1v) is 8.40. The molecule has 1 saturated heterocycles. The molecule has 130 valence electrons. The van der Waals surface area contributed by atoms with Crippen molar-refractivity contribution in [2.75, 3.05) is 38.4 Å². The highest BCUT2D eigenvalue weighted by atomic mass is 16.5. The summed E-state index contributed by atoms with van der Waals surface area (Å²) in [5, 5.41) is 21.1. The number of nitrogens with one attached hydrogen (secondary N) is 1. The van der Waals surface area contributed by atoms with Gasteiger partial charge in [0.1, 0.15) is 6.73 Å². The third-order valence-corrected chi connectivity index (χ3v) is 4.27. The number of anilines is 1. The van der Waals surface area contributed by atoms with E-state index in [1.54, 1.807) is 6.07 Å². The Hall–Kier alpha value is -2.46. The number of nitrogens with zero attached hydrogens (tertiary/aromatic N) is 3. The summed E-state index contributed by atoms with van der Waals surface area (Å²) in [6.45, 7) is 4.24. The van der Waals surface area contributed by atoms with Crippen molar-refractivity contribution >= 4 is 5.69 Å². The molecule has 0 spiro atoms. The lowest BCUT2D eigenvalue weighted by molar-refractivity contribution is 0.0341. The summed E-state index contributed by atoms with van der Waals surface area (Å²) in [5.41, 5.74) is 4.48. The number of hydrogen-bond donors (Lipinski definition) is 2. The van der Waals surface area contributed by atoms with Gasteiger partial charge < -0.3 is 15.2 Å². The Balaban J connectivity index is 1.69. The maximum atomic E-state index is 9.12. The van der Waals surface area contributed by atoms with E-state index in [4.69, 9.17) is 15.1 Å². The smallest absolute Gasteiger partial charge is 0.113 e. The zero-order chi connectivity index (χ0) is 17.5. The van der Waals surface area contributed by atoms with Gasteiger partial charge in [-0.25, -0.2) is 0 Å². The van der Waals surface area contributed by atoms with Gasteiger partial charge >= 0.3 is 0 Å². The number of rotatable bonds is 6. The zero-order valence-corrected chi connectivity index (χ0v) is 14.1. The number of morpholine rings is 1. The van der Waals surface area contributed by atoms with Crippen LogP contribution in [0.5, 0.6) is 0 Å². The minimum Gasteiger partial charge on any atom is -0.379 e. The van der Waals surface area contributed by atoms with Crippen molar-refractivity contribution in [3.63, 3.8) is 0 Å². The van der Waals surface area contributed by atoms with Crippen molar-refractivity contribution in [2.24, 2.45) is 0 Å². The van der Waals surface area contributed by atoms with Gasteiger partial charge in [-0.05, 0) is 35.4 Å². The molecule has 0 saturated carbocycles. The van der Waals surface area contributed by atoms with Crippen molar-refractivity contribution in [1.82, 2.24) is 9.88 Å². The predicted molar refractivity (Wildman–Crippen MR) is 95.0 cm³/mol. The Labute approximate surface area is 147 Å². The van der Waals surface area contributed by atoms with Crippen LogP contribution < -0.4 is 5.32 Å². The summed E-state index contributed by atoms with van der Waals surface area (Å²) >= 11 is 0. The minimum absolute atomic E-state index is 0.148. The Kier molecular flexibility index (Phi) is 5.96. The molecule has 3 rings (SSSR count). The second kappa shape index (κ2) is 8.58. The normalized spacial score (nSPS) is 14.9. The van der Waals surface area contributed by atoms with Crippen molar-refractivity contribution in [3.05, 3.63) is 58.9 Å². The van der Waals surface area contributed by atoms with Crippen molar-refractivity contribution in [3.8, 4) is 6.07 Å². The molecule has 2 N–H and O–H groups in total. The van der Waals surface area contributed by atoms with Crippen molar-refractivity contribution in [2.45, 2.75) is 13.0 Å². The third kappa shape index (κ3) is 4.77. The van der Waals surface area contributed by atoms with E-state index in [-0.39, 0.29) is 6.73 Å².